The lowest BCUT2D eigenvalue weighted by Gasteiger charge is -2.01. The normalized spacial score (nSPS) is 9.68. The van der Waals surface area contributed by atoms with Crippen LogP contribution in [-0.4, -0.2) is 0 Å². The van der Waals surface area contributed by atoms with Gasteiger partial charge in [0.1, 0.15) is 0 Å². The first-order valence-electron chi connectivity index (χ1n) is 9.51. The highest BCUT2D eigenvalue weighted by molar-refractivity contribution is 5.46. The van der Waals surface area contributed by atoms with Gasteiger partial charge in [0.25, 0.3) is 0 Å². The summed E-state index contributed by atoms with van der Waals surface area (Å²) in [6, 6.07) is 16.8. The monoisotopic (exact) mass is 328 g/mol. The third kappa shape index (κ3) is 7.32. The molecule has 2 rings (SSSR count). The van der Waals surface area contributed by atoms with Gasteiger partial charge in [-0.25, -0.2) is 0 Å². The molecule has 0 fully saturated rings. The molecule has 2 aromatic carbocycles. The van der Waals surface area contributed by atoms with E-state index in [0.29, 0.717) is 0 Å². The van der Waals surface area contributed by atoms with Crippen LogP contribution < -0.4 is 0 Å². The van der Waals surface area contributed by atoms with Crippen molar-refractivity contribution in [3.05, 3.63) is 70.8 Å². The van der Waals surface area contributed by atoms with Gasteiger partial charge in [0.2, 0.25) is 0 Å². The minimum absolute atomic E-state index is 0.885. The van der Waals surface area contributed by atoms with E-state index >= 15 is 0 Å². The quantitative estimate of drug-likeness (QED) is 0.427. The summed E-state index contributed by atoms with van der Waals surface area (Å²) in [5.41, 5.74) is 4.57. The standard InChI is InChI=1S/C25H28/c1-3-5-7-8-9-11-23-14-18-25(19-15-23)21-20-24-16-12-22(13-17-24)10-6-4-2/h12-19H,3-5,7-9,11H2,1-2H3. The molecule has 0 heterocycles. The van der Waals surface area contributed by atoms with E-state index in [1.165, 1.54) is 44.1 Å². The van der Waals surface area contributed by atoms with Crippen LogP contribution in [0.4, 0.5) is 0 Å². The molecule has 0 saturated carbocycles. The Bertz CT molecular complexity index is 740. The SMILES string of the molecule is CCC#Cc1ccc(C#Cc2ccc(CCCCCCC)cc2)cc1. The molecular weight excluding hydrogens is 300 g/mol. The average Bonchev–Trinajstić information content (AvgIpc) is 2.66. The fourth-order valence-corrected chi connectivity index (χ4v) is 2.66. The summed E-state index contributed by atoms with van der Waals surface area (Å²) in [6.07, 6.45) is 8.73. The molecule has 0 amide bonds. The van der Waals surface area contributed by atoms with Crippen LogP contribution in [-0.2, 0) is 6.42 Å². The molecule has 0 aromatic heterocycles. The molecule has 0 radical (unpaired) electrons. The van der Waals surface area contributed by atoms with Crippen LogP contribution in [0.25, 0.3) is 0 Å². The Balaban J connectivity index is 1.88. The first-order valence-corrected chi connectivity index (χ1v) is 9.51. The van der Waals surface area contributed by atoms with Crippen molar-refractivity contribution >= 4 is 0 Å². The smallest absolute Gasteiger partial charge is 0.0249 e. The number of unbranched alkanes of at least 4 members (excludes halogenated alkanes) is 4. The third-order valence-corrected chi connectivity index (χ3v) is 4.17. The van der Waals surface area contributed by atoms with Crippen molar-refractivity contribution in [2.45, 2.75) is 58.8 Å². The Morgan fingerprint density at radius 3 is 1.68 bits per heavy atom. The summed E-state index contributed by atoms with van der Waals surface area (Å²) >= 11 is 0. The first-order chi connectivity index (χ1) is 12.3. The third-order valence-electron chi connectivity index (χ3n) is 4.17. The number of benzene rings is 2. The Hall–Kier alpha value is -2.44. The van der Waals surface area contributed by atoms with E-state index < -0.39 is 0 Å². The lowest BCUT2D eigenvalue weighted by Crippen LogP contribution is -1.86. The fraction of sp³-hybridized carbons (Fsp3) is 0.360. The minimum atomic E-state index is 0.885. The molecule has 25 heavy (non-hydrogen) atoms. The molecule has 0 unspecified atom stereocenters. The van der Waals surface area contributed by atoms with Crippen molar-refractivity contribution in [2.24, 2.45) is 0 Å². The Morgan fingerprint density at radius 1 is 0.600 bits per heavy atom. The predicted octanol–water partition coefficient (Wildman–Crippen LogP) is 6.36. The van der Waals surface area contributed by atoms with E-state index in [1.54, 1.807) is 0 Å². The second-order valence-electron chi connectivity index (χ2n) is 6.34. The van der Waals surface area contributed by atoms with Gasteiger partial charge in [0.15, 0.2) is 0 Å². The zero-order chi connectivity index (χ0) is 17.7. The summed E-state index contributed by atoms with van der Waals surface area (Å²) in [5.74, 6) is 12.7. The van der Waals surface area contributed by atoms with E-state index in [-0.39, 0.29) is 0 Å². The van der Waals surface area contributed by atoms with Crippen LogP contribution in [0.5, 0.6) is 0 Å². The maximum Gasteiger partial charge on any atom is 0.0249 e. The molecule has 0 aliphatic rings. The van der Waals surface area contributed by atoms with Gasteiger partial charge in [-0.1, -0.05) is 75.3 Å². The highest BCUT2D eigenvalue weighted by Gasteiger charge is 1.95. The van der Waals surface area contributed by atoms with Crippen LogP contribution in [0, 0.1) is 23.7 Å². The summed E-state index contributed by atoms with van der Waals surface area (Å²) < 4.78 is 0. The maximum absolute atomic E-state index is 3.25. The lowest BCUT2D eigenvalue weighted by atomic mass is 10.0. The molecule has 0 bridgehead atoms. The van der Waals surface area contributed by atoms with Crippen molar-refractivity contribution in [3.8, 4) is 23.7 Å². The van der Waals surface area contributed by atoms with E-state index in [1.807, 2.05) is 24.3 Å². The van der Waals surface area contributed by atoms with Crippen molar-refractivity contribution < 1.29 is 0 Å². The number of rotatable bonds is 6. The highest BCUT2D eigenvalue weighted by atomic mass is 14.0. The number of hydrogen-bond donors (Lipinski definition) is 0. The van der Waals surface area contributed by atoms with Gasteiger partial charge in [-0.2, -0.15) is 0 Å². The summed E-state index contributed by atoms with van der Waals surface area (Å²) in [4.78, 5) is 0. The molecule has 0 nitrogen and oxygen atoms in total. The Kier molecular flexibility index (Phi) is 8.44. The molecule has 0 heteroatoms. The van der Waals surface area contributed by atoms with Gasteiger partial charge in [-0.15, -0.1) is 0 Å². The first kappa shape index (κ1) is 18.9. The van der Waals surface area contributed by atoms with Crippen LogP contribution in [0.2, 0.25) is 0 Å². The van der Waals surface area contributed by atoms with Crippen molar-refractivity contribution in [1.29, 1.82) is 0 Å². The Morgan fingerprint density at radius 2 is 1.12 bits per heavy atom. The van der Waals surface area contributed by atoms with Crippen LogP contribution in [0.1, 0.15) is 74.6 Å². The van der Waals surface area contributed by atoms with Crippen LogP contribution >= 0.6 is 0 Å². The van der Waals surface area contributed by atoms with Crippen molar-refractivity contribution in [1.82, 2.24) is 0 Å². The molecule has 0 aliphatic heterocycles. The molecule has 0 spiro atoms. The zero-order valence-electron chi connectivity index (χ0n) is 15.6. The van der Waals surface area contributed by atoms with E-state index in [9.17, 15) is 0 Å². The van der Waals surface area contributed by atoms with E-state index in [0.717, 1.165) is 23.1 Å². The molecular formula is C25H28. The molecule has 128 valence electrons. The van der Waals surface area contributed by atoms with Crippen LogP contribution in [0.15, 0.2) is 48.5 Å². The predicted molar refractivity (Wildman–Crippen MR) is 108 cm³/mol. The number of hydrogen-bond acceptors (Lipinski definition) is 0. The Labute approximate surface area is 153 Å². The van der Waals surface area contributed by atoms with Crippen molar-refractivity contribution in [3.63, 3.8) is 0 Å². The second kappa shape index (κ2) is 11.2. The topological polar surface area (TPSA) is 0 Å². The van der Waals surface area contributed by atoms with Crippen LogP contribution in [0.3, 0.4) is 0 Å². The summed E-state index contributed by atoms with van der Waals surface area (Å²) in [7, 11) is 0. The lowest BCUT2D eigenvalue weighted by molar-refractivity contribution is 0.632. The summed E-state index contributed by atoms with van der Waals surface area (Å²) in [6.45, 7) is 4.32. The van der Waals surface area contributed by atoms with E-state index in [2.05, 4.69) is 61.8 Å². The largest absolute Gasteiger partial charge is 0.0982 e. The zero-order valence-corrected chi connectivity index (χ0v) is 15.6. The molecule has 0 N–H and O–H groups in total. The van der Waals surface area contributed by atoms with Gasteiger partial charge in [-0.05, 0) is 54.8 Å². The van der Waals surface area contributed by atoms with Gasteiger partial charge in [-0.3, -0.25) is 0 Å². The fourth-order valence-electron chi connectivity index (χ4n) is 2.66. The highest BCUT2D eigenvalue weighted by Crippen LogP contribution is 2.10. The second-order valence-corrected chi connectivity index (χ2v) is 6.34. The van der Waals surface area contributed by atoms with Crippen molar-refractivity contribution in [2.75, 3.05) is 0 Å². The van der Waals surface area contributed by atoms with Gasteiger partial charge >= 0.3 is 0 Å². The van der Waals surface area contributed by atoms with Gasteiger partial charge in [0.05, 0.1) is 0 Å². The maximum atomic E-state index is 3.25. The van der Waals surface area contributed by atoms with E-state index in [4.69, 9.17) is 0 Å². The molecule has 0 aliphatic carbocycles. The average molecular weight is 328 g/mol. The molecule has 2 aromatic rings. The van der Waals surface area contributed by atoms with Gasteiger partial charge < -0.3 is 0 Å². The minimum Gasteiger partial charge on any atom is -0.0982 e. The molecule has 0 atom stereocenters. The summed E-state index contributed by atoms with van der Waals surface area (Å²) in [5, 5.41) is 0. The number of aryl methyl sites for hydroxylation is 1. The van der Waals surface area contributed by atoms with Gasteiger partial charge in [0, 0.05) is 23.1 Å². The molecule has 0 saturated heterocycles.